The maximum atomic E-state index is 12.6. The number of nitrogens with zero attached hydrogens (tertiary/aromatic N) is 1. The summed E-state index contributed by atoms with van der Waals surface area (Å²) < 4.78 is 30.8. The van der Waals surface area contributed by atoms with Gasteiger partial charge < -0.3 is 4.42 Å². The highest BCUT2D eigenvalue weighted by Gasteiger charge is 2.36. The number of sulfone groups is 1. The molecule has 1 fully saturated rings. The van der Waals surface area contributed by atoms with Crippen molar-refractivity contribution in [1.82, 2.24) is 0 Å². The fourth-order valence-corrected chi connectivity index (χ4v) is 3.65. The summed E-state index contributed by atoms with van der Waals surface area (Å²) in [6.45, 7) is 4.02. The molecule has 118 valence electrons. The Labute approximate surface area is 136 Å². The molecule has 1 aromatic carbocycles. The zero-order valence-electron chi connectivity index (χ0n) is 13.0. The molecule has 0 amide bonds. The summed E-state index contributed by atoms with van der Waals surface area (Å²) in [6, 6.07) is 11.8. The minimum atomic E-state index is -3.83. The largest absolute Gasteiger partial charge is 0.461 e. The van der Waals surface area contributed by atoms with Crippen LogP contribution in [0.2, 0.25) is 0 Å². The Kier molecular flexibility index (Phi) is 3.87. The van der Waals surface area contributed by atoms with Crippen molar-refractivity contribution in [3.8, 4) is 6.07 Å². The van der Waals surface area contributed by atoms with Gasteiger partial charge >= 0.3 is 0 Å². The fraction of sp³-hybridized carbons (Fsp3) is 0.278. The Balaban J connectivity index is 1.93. The SMILES string of the molecule is Cc1ccc(S(=O)(=O)/C(C#N)=C/c2ccc([C@H]3C[C@H]3C)o2)cc1. The number of benzene rings is 1. The first-order valence-corrected chi connectivity index (χ1v) is 8.93. The van der Waals surface area contributed by atoms with Crippen LogP contribution < -0.4 is 0 Å². The van der Waals surface area contributed by atoms with Gasteiger partial charge in [0, 0.05) is 12.0 Å². The van der Waals surface area contributed by atoms with Gasteiger partial charge in [-0.2, -0.15) is 5.26 Å². The van der Waals surface area contributed by atoms with E-state index in [0.29, 0.717) is 17.6 Å². The van der Waals surface area contributed by atoms with Crippen molar-refractivity contribution >= 4 is 15.9 Å². The molecule has 0 bridgehead atoms. The molecule has 0 N–H and O–H groups in total. The predicted octanol–water partition coefficient (Wildman–Crippen LogP) is 4.05. The van der Waals surface area contributed by atoms with E-state index >= 15 is 0 Å². The molecule has 0 aliphatic heterocycles. The Bertz CT molecular complexity index is 898. The molecule has 2 aromatic rings. The highest BCUT2D eigenvalue weighted by atomic mass is 32.2. The number of hydrogen-bond donors (Lipinski definition) is 0. The van der Waals surface area contributed by atoms with Crippen molar-refractivity contribution in [2.24, 2.45) is 5.92 Å². The van der Waals surface area contributed by atoms with Crippen molar-refractivity contribution in [3.05, 3.63) is 58.4 Å². The number of nitriles is 1. The third-order valence-electron chi connectivity index (χ3n) is 4.13. The normalized spacial score (nSPS) is 21.0. The van der Waals surface area contributed by atoms with E-state index < -0.39 is 9.84 Å². The van der Waals surface area contributed by atoms with Crippen molar-refractivity contribution < 1.29 is 12.8 Å². The minimum absolute atomic E-state index is 0.110. The smallest absolute Gasteiger partial charge is 0.216 e. The predicted molar refractivity (Wildman–Crippen MR) is 87.2 cm³/mol. The maximum absolute atomic E-state index is 12.6. The van der Waals surface area contributed by atoms with Crippen LogP contribution in [-0.2, 0) is 9.84 Å². The number of aryl methyl sites for hydroxylation is 1. The van der Waals surface area contributed by atoms with Crippen LogP contribution in [0, 0.1) is 24.2 Å². The Hall–Kier alpha value is -2.32. The van der Waals surface area contributed by atoms with Crippen molar-refractivity contribution in [2.45, 2.75) is 31.1 Å². The second kappa shape index (κ2) is 5.71. The lowest BCUT2D eigenvalue weighted by molar-refractivity contribution is 0.497. The molecule has 0 spiro atoms. The van der Waals surface area contributed by atoms with Crippen LogP contribution in [0.4, 0.5) is 0 Å². The highest BCUT2D eigenvalue weighted by Crippen LogP contribution is 2.47. The molecular formula is C18H17NO3S. The number of furan rings is 1. The van der Waals surface area contributed by atoms with Crippen LogP contribution in [0.5, 0.6) is 0 Å². The molecule has 4 nitrogen and oxygen atoms in total. The Morgan fingerprint density at radius 3 is 2.48 bits per heavy atom. The molecule has 0 radical (unpaired) electrons. The van der Waals surface area contributed by atoms with E-state index in [9.17, 15) is 13.7 Å². The van der Waals surface area contributed by atoms with Crippen molar-refractivity contribution in [3.63, 3.8) is 0 Å². The molecule has 5 heteroatoms. The molecule has 0 unspecified atom stereocenters. The zero-order chi connectivity index (χ0) is 16.6. The molecular weight excluding hydrogens is 310 g/mol. The van der Waals surface area contributed by atoms with E-state index in [-0.39, 0.29) is 9.80 Å². The first kappa shape index (κ1) is 15.6. The van der Waals surface area contributed by atoms with E-state index in [4.69, 9.17) is 4.42 Å². The second-order valence-electron chi connectivity index (χ2n) is 6.00. The molecule has 1 aliphatic rings. The molecule has 23 heavy (non-hydrogen) atoms. The van der Waals surface area contributed by atoms with Gasteiger partial charge in [-0.15, -0.1) is 0 Å². The van der Waals surface area contributed by atoms with Gasteiger partial charge in [0.1, 0.15) is 17.6 Å². The molecule has 3 rings (SSSR count). The van der Waals surface area contributed by atoms with Gasteiger partial charge in [0.25, 0.3) is 0 Å². The quantitative estimate of drug-likeness (QED) is 0.794. The summed E-state index contributed by atoms with van der Waals surface area (Å²) in [5, 5.41) is 9.27. The molecule has 1 aromatic heterocycles. The van der Waals surface area contributed by atoms with Gasteiger partial charge in [-0.05, 0) is 43.5 Å². The summed E-state index contributed by atoms with van der Waals surface area (Å²) in [4.78, 5) is -0.204. The average Bonchev–Trinajstić information content (AvgIpc) is 3.07. The summed E-state index contributed by atoms with van der Waals surface area (Å²) in [5.74, 6) is 2.27. The second-order valence-corrected chi connectivity index (χ2v) is 7.91. The first-order chi connectivity index (χ1) is 10.9. The van der Waals surface area contributed by atoms with E-state index in [1.54, 1.807) is 24.3 Å². The lowest BCUT2D eigenvalue weighted by atomic mass is 10.2. The summed E-state index contributed by atoms with van der Waals surface area (Å²) in [7, 11) is -3.83. The first-order valence-electron chi connectivity index (χ1n) is 7.45. The third-order valence-corrected chi connectivity index (χ3v) is 5.81. The number of allylic oxidation sites excluding steroid dienone is 1. The van der Waals surface area contributed by atoms with Crippen LogP contribution in [0.25, 0.3) is 6.08 Å². The maximum Gasteiger partial charge on any atom is 0.216 e. The fourth-order valence-electron chi connectivity index (χ4n) is 2.51. The zero-order valence-corrected chi connectivity index (χ0v) is 13.8. The molecule has 1 heterocycles. The van der Waals surface area contributed by atoms with Crippen LogP contribution >= 0.6 is 0 Å². The van der Waals surface area contributed by atoms with Crippen molar-refractivity contribution in [1.29, 1.82) is 5.26 Å². The minimum Gasteiger partial charge on any atom is -0.461 e. The van der Waals surface area contributed by atoms with Gasteiger partial charge in [0.05, 0.1) is 4.90 Å². The van der Waals surface area contributed by atoms with Crippen molar-refractivity contribution in [2.75, 3.05) is 0 Å². The molecule has 1 aliphatic carbocycles. The summed E-state index contributed by atoms with van der Waals surface area (Å²) in [5.41, 5.74) is 0.959. The van der Waals surface area contributed by atoms with Gasteiger partial charge in [-0.25, -0.2) is 8.42 Å². The highest BCUT2D eigenvalue weighted by molar-refractivity contribution is 7.95. The van der Waals surface area contributed by atoms with E-state index in [1.807, 2.05) is 13.0 Å². The van der Waals surface area contributed by atoms with Gasteiger partial charge in [0.15, 0.2) is 4.91 Å². The third kappa shape index (κ3) is 3.08. The number of hydrogen-bond acceptors (Lipinski definition) is 4. The Morgan fingerprint density at radius 2 is 1.91 bits per heavy atom. The topological polar surface area (TPSA) is 71.1 Å². The summed E-state index contributed by atoms with van der Waals surface area (Å²) in [6.07, 6.45) is 2.38. The van der Waals surface area contributed by atoms with E-state index in [1.165, 1.54) is 18.2 Å². The summed E-state index contributed by atoms with van der Waals surface area (Å²) >= 11 is 0. The van der Waals surface area contributed by atoms with Crippen LogP contribution in [0.1, 0.15) is 36.3 Å². The monoisotopic (exact) mass is 327 g/mol. The van der Waals surface area contributed by atoms with E-state index in [0.717, 1.165) is 17.7 Å². The van der Waals surface area contributed by atoms with Crippen LogP contribution in [0.15, 0.2) is 50.6 Å². The van der Waals surface area contributed by atoms with Gasteiger partial charge in [0.2, 0.25) is 9.84 Å². The lowest BCUT2D eigenvalue weighted by Gasteiger charge is -2.03. The molecule has 1 saturated carbocycles. The van der Waals surface area contributed by atoms with Crippen LogP contribution in [-0.4, -0.2) is 8.42 Å². The molecule has 2 atom stereocenters. The van der Waals surface area contributed by atoms with Gasteiger partial charge in [-0.3, -0.25) is 0 Å². The van der Waals surface area contributed by atoms with Crippen LogP contribution in [0.3, 0.4) is 0 Å². The average molecular weight is 327 g/mol. The molecule has 0 saturated heterocycles. The lowest BCUT2D eigenvalue weighted by Crippen LogP contribution is -2.03. The number of rotatable bonds is 4. The Morgan fingerprint density at radius 1 is 1.26 bits per heavy atom. The standard InChI is InChI=1S/C18H17NO3S/c1-12-3-6-15(7-4-12)23(20,21)16(11-19)10-14-5-8-18(22-14)17-9-13(17)2/h3-8,10,13,17H,9H2,1-2H3/b16-10+/t13-,17+/m1/s1. The van der Waals surface area contributed by atoms with Gasteiger partial charge in [-0.1, -0.05) is 24.6 Å². The van der Waals surface area contributed by atoms with E-state index in [2.05, 4.69) is 6.92 Å².